The van der Waals surface area contributed by atoms with Crippen LogP contribution in [0.2, 0.25) is 0 Å². The Kier molecular flexibility index (Phi) is 62.0. The fourth-order valence-electron chi connectivity index (χ4n) is 11.9. The van der Waals surface area contributed by atoms with Crippen molar-refractivity contribution >= 4 is 11.9 Å². The lowest BCUT2D eigenvalue weighted by atomic mass is 9.99. The van der Waals surface area contributed by atoms with Gasteiger partial charge in [0, 0.05) is 6.42 Å². The summed E-state index contributed by atoms with van der Waals surface area (Å²) in [4.78, 5) is 26.7. The summed E-state index contributed by atoms with van der Waals surface area (Å²) >= 11 is 0. The van der Waals surface area contributed by atoms with Crippen molar-refractivity contribution in [2.24, 2.45) is 0 Å². The van der Waals surface area contributed by atoms with Gasteiger partial charge in [0.05, 0.1) is 25.4 Å². The molecule has 0 aromatic rings. The molecule has 0 saturated carbocycles. The average molecular weight is 1250 g/mol. The Morgan fingerprint density at radius 3 is 1.18 bits per heavy atom. The number of amides is 1. The van der Waals surface area contributed by atoms with E-state index in [4.69, 9.17) is 14.2 Å². The molecule has 1 aliphatic heterocycles. The quantitative estimate of drug-likeness (QED) is 0.0195. The van der Waals surface area contributed by atoms with Crippen molar-refractivity contribution in [2.75, 3.05) is 13.2 Å². The Hall–Kier alpha value is -2.64. The van der Waals surface area contributed by atoms with Gasteiger partial charge in [0.2, 0.25) is 5.91 Å². The molecular formula is C78H143NO10. The summed E-state index contributed by atoms with van der Waals surface area (Å²) in [5, 5.41) is 57.4. The molecule has 11 heteroatoms. The fourth-order valence-corrected chi connectivity index (χ4v) is 11.9. The number of ether oxygens (including phenoxy) is 3. The van der Waals surface area contributed by atoms with Crippen molar-refractivity contribution < 1.29 is 49.3 Å². The van der Waals surface area contributed by atoms with Crippen LogP contribution in [0, 0.1) is 0 Å². The van der Waals surface area contributed by atoms with E-state index in [1.807, 2.05) is 6.08 Å². The molecule has 0 radical (unpaired) electrons. The molecule has 8 unspecified atom stereocenters. The average Bonchev–Trinajstić information content (AvgIpc) is 3.11. The highest BCUT2D eigenvalue weighted by atomic mass is 16.7. The predicted molar refractivity (Wildman–Crippen MR) is 375 cm³/mol. The molecule has 11 nitrogen and oxygen atoms in total. The Labute approximate surface area is 548 Å². The van der Waals surface area contributed by atoms with E-state index in [1.54, 1.807) is 6.08 Å². The number of unbranched alkanes of at least 4 members (excludes halogenated alkanes) is 44. The van der Waals surface area contributed by atoms with E-state index in [1.165, 1.54) is 231 Å². The van der Waals surface area contributed by atoms with Gasteiger partial charge in [-0.25, -0.2) is 0 Å². The zero-order valence-corrected chi connectivity index (χ0v) is 58.1. The first-order valence-corrected chi connectivity index (χ1v) is 38.1. The van der Waals surface area contributed by atoms with Crippen LogP contribution in [0.15, 0.2) is 60.8 Å². The van der Waals surface area contributed by atoms with E-state index in [-0.39, 0.29) is 19.4 Å². The molecule has 0 bridgehead atoms. The molecule has 8 atom stereocenters. The van der Waals surface area contributed by atoms with Crippen molar-refractivity contribution in [3.05, 3.63) is 60.8 Å². The summed E-state index contributed by atoms with van der Waals surface area (Å²) in [5.41, 5.74) is 0. The molecule has 1 amide bonds. The summed E-state index contributed by atoms with van der Waals surface area (Å²) in [6.07, 6.45) is 74.0. The van der Waals surface area contributed by atoms with Gasteiger partial charge in [0.1, 0.15) is 24.4 Å². The van der Waals surface area contributed by atoms with E-state index in [2.05, 4.69) is 74.7 Å². The molecule has 1 saturated heterocycles. The Morgan fingerprint density at radius 1 is 0.438 bits per heavy atom. The number of carbonyl (C=O) groups is 2. The number of esters is 1. The van der Waals surface area contributed by atoms with Crippen LogP contribution in [0.4, 0.5) is 0 Å². The normalized spacial score (nSPS) is 18.4. The molecule has 0 spiro atoms. The van der Waals surface area contributed by atoms with Crippen LogP contribution in [0.3, 0.4) is 0 Å². The first kappa shape index (κ1) is 84.4. The van der Waals surface area contributed by atoms with E-state index < -0.39 is 67.4 Å². The number of hydrogen-bond donors (Lipinski definition) is 6. The number of carbonyl (C=O) groups excluding carboxylic acids is 2. The molecule has 1 heterocycles. The minimum absolute atomic E-state index is 0.127. The zero-order chi connectivity index (χ0) is 64.6. The number of hydrogen-bond acceptors (Lipinski definition) is 10. The van der Waals surface area contributed by atoms with Gasteiger partial charge in [-0.05, 0) is 70.6 Å². The predicted octanol–water partition coefficient (Wildman–Crippen LogP) is 20.1. The second-order valence-corrected chi connectivity index (χ2v) is 26.4. The molecule has 0 aromatic carbocycles. The van der Waals surface area contributed by atoms with E-state index in [9.17, 15) is 35.1 Å². The Balaban J connectivity index is 2.55. The first-order valence-electron chi connectivity index (χ1n) is 38.1. The van der Waals surface area contributed by atoms with Crippen LogP contribution in [0.5, 0.6) is 0 Å². The lowest BCUT2D eigenvalue weighted by Crippen LogP contribution is -2.61. The highest BCUT2D eigenvalue weighted by Crippen LogP contribution is 2.27. The molecule has 1 rings (SSSR count). The molecular weight excluding hydrogens is 1110 g/mol. The van der Waals surface area contributed by atoms with Gasteiger partial charge in [0.25, 0.3) is 0 Å². The van der Waals surface area contributed by atoms with Crippen LogP contribution in [-0.4, -0.2) is 99.6 Å². The molecule has 1 fully saturated rings. The molecule has 89 heavy (non-hydrogen) atoms. The number of allylic oxidation sites excluding steroid dienone is 9. The monoisotopic (exact) mass is 1250 g/mol. The van der Waals surface area contributed by atoms with Crippen LogP contribution in [0.1, 0.15) is 361 Å². The zero-order valence-electron chi connectivity index (χ0n) is 58.1. The van der Waals surface area contributed by atoms with E-state index >= 15 is 0 Å². The number of aliphatic hydroxyl groups excluding tert-OH is 5. The molecule has 6 N–H and O–H groups in total. The second-order valence-electron chi connectivity index (χ2n) is 26.4. The summed E-state index contributed by atoms with van der Waals surface area (Å²) < 4.78 is 17.7. The summed E-state index contributed by atoms with van der Waals surface area (Å²) in [5.74, 6) is -1.18. The van der Waals surface area contributed by atoms with Gasteiger partial charge in [-0.15, -0.1) is 0 Å². The van der Waals surface area contributed by atoms with Crippen molar-refractivity contribution in [1.82, 2.24) is 5.32 Å². The summed E-state index contributed by atoms with van der Waals surface area (Å²) in [6, 6.07) is -1.03. The first-order chi connectivity index (χ1) is 43.7. The molecule has 0 aromatic heterocycles. The standard InChI is InChI=1S/C78H143NO10/c1-4-7-10-13-16-19-22-25-27-29-31-33-34-35-36-37-39-40-42-44-47-50-53-56-59-62-65-71(82)77(86)79-69(70(81)64-61-58-55-52-49-46-24-21-18-15-12-9-6-3)68-87-78-76(75(85)74(84)72(67-80)88-78)89-73(83)66-63-60-57-54-51-48-45-43-41-38-32-30-28-26-23-20-17-14-11-8-5-2/h16,19,25,27,31,33,35-36,61,64,69-72,74-76,78,80-82,84-85H,4-15,17-18,20-24,26,28-30,32,34,37-60,62-63,65-68H2,1-3H3,(H,79,86)/b19-16-,27-25-,33-31-,36-35-,64-61+. The Bertz CT molecular complexity index is 1680. The van der Waals surface area contributed by atoms with Crippen LogP contribution in [-0.2, 0) is 23.8 Å². The van der Waals surface area contributed by atoms with Crippen molar-refractivity contribution in [2.45, 2.75) is 410 Å². The number of aliphatic hydroxyl groups is 5. The third kappa shape index (κ3) is 52.4. The van der Waals surface area contributed by atoms with Gasteiger partial charge in [-0.2, -0.15) is 0 Å². The van der Waals surface area contributed by atoms with Crippen LogP contribution in [0.25, 0.3) is 0 Å². The minimum atomic E-state index is -1.61. The highest BCUT2D eigenvalue weighted by Gasteiger charge is 2.47. The maximum atomic E-state index is 13.5. The number of nitrogens with one attached hydrogen (secondary N) is 1. The van der Waals surface area contributed by atoms with Crippen LogP contribution >= 0.6 is 0 Å². The summed E-state index contributed by atoms with van der Waals surface area (Å²) in [7, 11) is 0. The Morgan fingerprint density at radius 2 is 0.775 bits per heavy atom. The third-order valence-electron chi connectivity index (χ3n) is 17.9. The second kappa shape index (κ2) is 65.4. The van der Waals surface area contributed by atoms with Gasteiger partial charge < -0.3 is 45.1 Å². The maximum absolute atomic E-state index is 13.5. The maximum Gasteiger partial charge on any atom is 0.306 e. The highest BCUT2D eigenvalue weighted by molar-refractivity contribution is 5.80. The third-order valence-corrected chi connectivity index (χ3v) is 17.9. The smallest absolute Gasteiger partial charge is 0.306 e. The van der Waals surface area contributed by atoms with Crippen molar-refractivity contribution in [3.63, 3.8) is 0 Å². The summed E-state index contributed by atoms with van der Waals surface area (Å²) in [6.45, 7) is 5.82. The molecule has 0 aliphatic carbocycles. The lowest BCUT2D eigenvalue weighted by Gasteiger charge is -2.41. The molecule has 1 aliphatic rings. The minimum Gasteiger partial charge on any atom is -0.454 e. The lowest BCUT2D eigenvalue weighted by molar-refractivity contribution is -0.305. The van der Waals surface area contributed by atoms with Crippen molar-refractivity contribution in [1.29, 1.82) is 0 Å². The van der Waals surface area contributed by atoms with Gasteiger partial charge >= 0.3 is 5.97 Å². The topological polar surface area (TPSA) is 175 Å². The van der Waals surface area contributed by atoms with Gasteiger partial charge in [-0.1, -0.05) is 345 Å². The van der Waals surface area contributed by atoms with Gasteiger partial charge in [-0.3, -0.25) is 9.59 Å². The SMILES string of the molecule is CCCCC/C=C\C/C=C\C/C=C\C/C=C\CCCCCCCCCCCCC(O)C(=O)NC(COC1OC(CO)C(O)C(O)C1OC(=O)CCCCCCCCCCCCCCCCCCCCCCC)C(O)/C=C/CCCCCCCCCCCCC. The molecule has 520 valence electrons. The fraction of sp³-hybridized carbons (Fsp3) is 0.846. The van der Waals surface area contributed by atoms with Crippen molar-refractivity contribution in [3.8, 4) is 0 Å². The van der Waals surface area contributed by atoms with E-state index in [0.717, 1.165) is 83.5 Å². The number of rotatable bonds is 66. The largest absolute Gasteiger partial charge is 0.454 e. The van der Waals surface area contributed by atoms with Gasteiger partial charge in [0.15, 0.2) is 12.4 Å². The van der Waals surface area contributed by atoms with E-state index in [0.29, 0.717) is 12.8 Å². The van der Waals surface area contributed by atoms with Crippen LogP contribution < -0.4 is 5.32 Å².